The first-order chi connectivity index (χ1) is 9.35. The van der Waals surface area contributed by atoms with Gasteiger partial charge in [-0.25, -0.2) is 0 Å². The number of nitrogens with zero attached hydrogens (tertiary/aromatic N) is 3. The van der Waals surface area contributed by atoms with Gasteiger partial charge in [0.1, 0.15) is 10.8 Å². The Morgan fingerprint density at radius 2 is 2.26 bits per heavy atom. The van der Waals surface area contributed by atoms with Gasteiger partial charge in [0.2, 0.25) is 0 Å². The van der Waals surface area contributed by atoms with Crippen molar-refractivity contribution in [2.24, 2.45) is 0 Å². The summed E-state index contributed by atoms with van der Waals surface area (Å²) in [5, 5.41) is 13.7. The number of hydrogen-bond donors (Lipinski definition) is 1. The summed E-state index contributed by atoms with van der Waals surface area (Å²) >= 11 is 1.62. The summed E-state index contributed by atoms with van der Waals surface area (Å²) < 4.78 is 5.29. The Morgan fingerprint density at radius 3 is 3.05 bits per heavy atom. The fourth-order valence-corrected chi connectivity index (χ4v) is 2.64. The molecule has 2 aromatic rings. The van der Waals surface area contributed by atoms with E-state index in [2.05, 4.69) is 27.4 Å². The highest BCUT2D eigenvalue weighted by Crippen LogP contribution is 2.31. The second-order valence-electron chi connectivity index (χ2n) is 4.03. The smallest absolute Gasteiger partial charge is 0.151 e. The highest BCUT2D eigenvalue weighted by molar-refractivity contribution is 7.14. The van der Waals surface area contributed by atoms with Crippen molar-refractivity contribution < 1.29 is 4.74 Å². The van der Waals surface area contributed by atoms with Crippen LogP contribution in [-0.2, 0) is 6.42 Å². The molecule has 6 heteroatoms. The zero-order valence-electron chi connectivity index (χ0n) is 11.2. The summed E-state index contributed by atoms with van der Waals surface area (Å²) in [5.74, 6) is 0.734. The summed E-state index contributed by atoms with van der Waals surface area (Å²) in [5.41, 5.74) is 0.952. The molecule has 0 aromatic carbocycles. The zero-order valence-corrected chi connectivity index (χ0v) is 12.0. The van der Waals surface area contributed by atoms with Crippen LogP contribution in [0.1, 0.15) is 18.4 Å². The summed E-state index contributed by atoms with van der Waals surface area (Å²) in [4.78, 5) is 4.04. The molecule has 19 heavy (non-hydrogen) atoms. The molecule has 1 N–H and O–H groups in total. The van der Waals surface area contributed by atoms with Crippen molar-refractivity contribution in [1.82, 2.24) is 20.5 Å². The Kier molecular flexibility index (Phi) is 5.23. The predicted molar refractivity (Wildman–Crippen MR) is 76.6 cm³/mol. The third-order valence-electron chi connectivity index (χ3n) is 2.70. The summed E-state index contributed by atoms with van der Waals surface area (Å²) in [6.07, 6.45) is 5.47. The van der Waals surface area contributed by atoms with Gasteiger partial charge >= 0.3 is 0 Å². The van der Waals surface area contributed by atoms with Crippen LogP contribution in [-0.4, -0.2) is 35.4 Å². The maximum atomic E-state index is 5.29. The molecule has 0 radical (unpaired) electrons. The minimum atomic E-state index is 0.734. The Hall–Kier alpha value is -1.53. The molecule has 0 spiro atoms. The quantitative estimate of drug-likeness (QED) is 0.786. The number of hydrogen-bond acceptors (Lipinski definition) is 6. The molecule has 2 rings (SSSR count). The highest BCUT2D eigenvalue weighted by Gasteiger charge is 2.11. The van der Waals surface area contributed by atoms with Gasteiger partial charge in [0, 0.05) is 12.6 Å². The lowest BCUT2D eigenvalue weighted by molar-refractivity contribution is 0.414. The van der Waals surface area contributed by atoms with Crippen LogP contribution >= 0.6 is 11.3 Å². The van der Waals surface area contributed by atoms with Crippen LogP contribution in [0.3, 0.4) is 0 Å². The van der Waals surface area contributed by atoms with Gasteiger partial charge in [-0.2, -0.15) is 0 Å². The number of rotatable bonds is 7. The van der Waals surface area contributed by atoms with Crippen LogP contribution in [0.4, 0.5) is 0 Å². The Labute approximate surface area is 117 Å². The summed E-state index contributed by atoms with van der Waals surface area (Å²) in [6, 6.07) is 1.90. The first-order valence-electron chi connectivity index (χ1n) is 6.36. The minimum Gasteiger partial charge on any atom is -0.494 e. The maximum absolute atomic E-state index is 5.29. The molecule has 0 saturated carbocycles. The lowest BCUT2D eigenvalue weighted by Crippen LogP contribution is -2.14. The second kappa shape index (κ2) is 7.16. The van der Waals surface area contributed by atoms with E-state index in [1.54, 1.807) is 30.8 Å². The normalized spacial score (nSPS) is 10.6. The molecule has 5 nitrogen and oxygen atoms in total. The monoisotopic (exact) mass is 278 g/mol. The molecule has 0 amide bonds. The third-order valence-corrected chi connectivity index (χ3v) is 3.71. The van der Waals surface area contributed by atoms with E-state index in [0.717, 1.165) is 47.3 Å². The first kappa shape index (κ1) is 13.9. The van der Waals surface area contributed by atoms with Crippen LogP contribution in [0.2, 0.25) is 0 Å². The van der Waals surface area contributed by atoms with Gasteiger partial charge < -0.3 is 10.1 Å². The molecule has 2 heterocycles. The lowest BCUT2D eigenvalue weighted by atomic mass is 10.2. The summed E-state index contributed by atoms with van der Waals surface area (Å²) in [7, 11) is 1.64. The molecule has 2 aromatic heterocycles. The van der Waals surface area contributed by atoms with E-state index in [0.29, 0.717) is 0 Å². The fourth-order valence-electron chi connectivity index (χ4n) is 1.72. The SMILES string of the molecule is CCNCCCc1nnc(-c2ccncc2OC)s1. The molecule has 0 aliphatic carbocycles. The third kappa shape index (κ3) is 3.71. The number of pyridine rings is 1. The number of aryl methyl sites for hydroxylation is 1. The Morgan fingerprint density at radius 1 is 1.37 bits per heavy atom. The molecule has 0 saturated heterocycles. The molecule has 0 atom stereocenters. The van der Waals surface area contributed by atoms with Crippen LogP contribution in [0.5, 0.6) is 5.75 Å². The number of nitrogens with one attached hydrogen (secondary N) is 1. The molecular weight excluding hydrogens is 260 g/mol. The van der Waals surface area contributed by atoms with Crippen molar-refractivity contribution in [3.8, 4) is 16.3 Å². The topological polar surface area (TPSA) is 59.9 Å². The van der Waals surface area contributed by atoms with Crippen molar-refractivity contribution in [3.05, 3.63) is 23.5 Å². The van der Waals surface area contributed by atoms with Crippen LogP contribution in [0, 0.1) is 0 Å². The average Bonchev–Trinajstić information content (AvgIpc) is 2.92. The van der Waals surface area contributed by atoms with E-state index in [1.165, 1.54) is 0 Å². The maximum Gasteiger partial charge on any atom is 0.151 e. The Bertz CT molecular complexity index is 515. The highest BCUT2D eigenvalue weighted by atomic mass is 32.1. The fraction of sp³-hybridized carbons (Fsp3) is 0.462. The van der Waals surface area contributed by atoms with Gasteiger partial charge in [-0.1, -0.05) is 18.3 Å². The van der Waals surface area contributed by atoms with Crippen LogP contribution in [0.15, 0.2) is 18.5 Å². The molecule has 0 fully saturated rings. The van der Waals surface area contributed by atoms with E-state index < -0.39 is 0 Å². The van der Waals surface area contributed by atoms with Gasteiger partial charge in [-0.15, -0.1) is 10.2 Å². The van der Waals surface area contributed by atoms with Crippen molar-refractivity contribution in [2.75, 3.05) is 20.2 Å². The first-order valence-corrected chi connectivity index (χ1v) is 7.18. The van der Waals surface area contributed by atoms with Crippen molar-refractivity contribution >= 4 is 11.3 Å². The van der Waals surface area contributed by atoms with Crippen molar-refractivity contribution in [3.63, 3.8) is 0 Å². The predicted octanol–water partition coefficient (Wildman–Crippen LogP) is 2.15. The number of methoxy groups -OCH3 is 1. The van der Waals surface area contributed by atoms with E-state index in [1.807, 2.05) is 6.07 Å². The van der Waals surface area contributed by atoms with Gasteiger partial charge in [0.25, 0.3) is 0 Å². The lowest BCUT2D eigenvalue weighted by Gasteiger charge is -2.03. The van der Waals surface area contributed by atoms with Gasteiger partial charge in [-0.3, -0.25) is 4.98 Å². The van der Waals surface area contributed by atoms with E-state index >= 15 is 0 Å². The molecule has 0 unspecified atom stereocenters. The van der Waals surface area contributed by atoms with E-state index in [9.17, 15) is 0 Å². The molecule has 0 aliphatic rings. The molecular formula is C13H18N4OS. The molecule has 0 aliphatic heterocycles. The van der Waals surface area contributed by atoms with E-state index in [-0.39, 0.29) is 0 Å². The van der Waals surface area contributed by atoms with Crippen molar-refractivity contribution in [2.45, 2.75) is 19.8 Å². The van der Waals surface area contributed by atoms with Crippen LogP contribution in [0.25, 0.3) is 10.6 Å². The van der Waals surface area contributed by atoms with Crippen molar-refractivity contribution in [1.29, 1.82) is 0 Å². The van der Waals surface area contributed by atoms with Gasteiger partial charge in [0.05, 0.1) is 18.9 Å². The summed E-state index contributed by atoms with van der Waals surface area (Å²) in [6.45, 7) is 4.14. The van der Waals surface area contributed by atoms with Crippen LogP contribution < -0.4 is 10.1 Å². The average molecular weight is 278 g/mol. The van der Waals surface area contributed by atoms with E-state index in [4.69, 9.17) is 4.74 Å². The second-order valence-corrected chi connectivity index (χ2v) is 5.10. The molecule has 102 valence electrons. The zero-order chi connectivity index (χ0) is 13.5. The number of aromatic nitrogens is 3. The standard InChI is InChI=1S/C13H18N4OS/c1-3-14-7-4-5-12-16-17-13(19-12)10-6-8-15-9-11(10)18-2/h6,8-9,14H,3-5,7H2,1-2H3. The van der Waals surface area contributed by atoms with Gasteiger partial charge in [0.15, 0.2) is 5.01 Å². The Balaban J connectivity index is 2.04. The largest absolute Gasteiger partial charge is 0.494 e. The minimum absolute atomic E-state index is 0.734. The molecule has 0 bridgehead atoms. The number of ether oxygens (including phenoxy) is 1. The van der Waals surface area contributed by atoms with Gasteiger partial charge in [-0.05, 0) is 25.6 Å².